The minimum absolute atomic E-state index is 0.0792. The molecule has 2 aromatic rings. The summed E-state index contributed by atoms with van der Waals surface area (Å²) in [6.07, 6.45) is 5.25. The molecule has 2 atom stereocenters. The van der Waals surface area contributed by atoms with E-state index in [4.69, 9.17) is 5.73 Å². The van der Waals surface area contributed by atoms with Gasteiger partial charge in [-0.25, -0.2) is 9.67 Å². The monoisotopic (exact) mass is 299 g/mol. The number of carbonyl (C=O) groups is 1. The molecule has 0 saturated carbocycles. The van der Waals surface area contributed by atoms with Crippen molar-refractivity contribution in [2.75, 3.05) is 13.1 Å². The highest BCUT2D eigenvalue weighted by Gasteiger charge is 2.26. The molecule has 1 aliphatic heterocycles. The first-order valence-corrected chi connectivity index (χ1v) is 7.65. The van der Waals surface area contributed by atoms with Crippen LogP contribution in [0.4, 0.5) is 0 Å². The molecular formula is C16H21N5O. The number of nitrogens with zero attached hydrogens (tertiary/aromatic N) is 4. The Morgan fingerprint density at radius 3 is 2.77 bits per heavy atom. The Morgan fingerprint density at radius 2 is 2.14 bits per heavy atom. The lowest BCUT2D eigenvalue weighted by Crippen LogP contribution is -2.45. The van der Waals surface area contributed by atoms with Crippen LogP contribution in [-0.4, -0.2) is 44.7 Å². The van der Waals surface area contributed by atoms with Crippen LogP contribution in [0.3, 0.4) is 0 Å². The van der Waals surface area contributed by atoms with E-state index < -0.39 is 0 Å². The summed E-state index contributed by atoms with van der Waals surface area (Å²) in [5, 5.41) is 4.08. The van der Waals surface area contributed by atoms with Crippen LogP contribution in [0, 0.1) is 5.92 Å². The predicted molar refractivity (Wildman–Crippen MR) is 83.6 cm³/mol. The van der Waals surface area contributed by atoms with Gasteiger partial charge in [0.2, 0.25) is 0 Å². The van der Waals surface area contributed by atoms with Crippen LogP contribution < -0.4 is 5.73 Å². The molecule has 3 rings (SSSR count). The average molecular weight is 299 g/mol. The summed E-state index contributed by atoms with van der Waals surface area (Å²) in [4.78, 5) is 18.5. The van der Waals surface area contributed by atoms with Crippen LogP contribution in [0.15, 0.2) is 36.9 Å². The Kier molecular flexibility index (Phi) is 4.20. The third-order valence-corrected chi connectivity index (χ3v) is 4.29. The van der Waals surface area contributed by atoms with Crippen LogP contribution in [0.25, 0.3) is 5.69 Å². The van der Waals surface area contributed by atoms with Gasteiger partial charge in [0, 0.05) is 24.7 Å². The van der Waals surface area contributed by atoms with Crippen molar-refractivity contribution in [1.29, 1.82) is 0 Å². The van der Waals surface area contributed by atoms with Crippen LogP contribution in [0.2, 0.25) is 0 Å². The summed E-state index contributed by atoms with van der Waals surface area (Å²) in [6.45, 7) is 3.58. The summed E-state index contributed by atoms with van der Waals surface area (Å²) in [7, 11) is 0. The molecule has 116 valence electrons. The van der Waals surface area contributed by atoms with Gasteiger partial charge in [0.25, 0.3) is 5.91 Å². The molecule has 0 unspecified atom stereocenters. The first-order valence-electron chi connectivity index (χ1n) is 7.65. The van der Waals surface area contributed by atoms with Gasteiger partial charge in [0.15, 0.2) is 0 Å². The standard InChI is InChI=1S/C16H21N5O/c1-12(17)14-3-2-8-20(9-14)16(22)13-4-6-15(7-5-13)21-11-18-10-19-21/h4-7,10-12,14H,2-3,8-9,17H2,1H3/t12-,14+/m1/s1. The van der Waals surface area contributed by atoms with Gasteiger partial charge in [0.05, 0.1) is 5.69 Å². The largest absolute Gasteiger partial charge is 0.338 e. The third kappa shape index (κ3) is 3.01. The Bertz CT molecular complexity index is 620. The zero-order valence-electron chi connectivity index (χ0n) is 12.7. The van der Waals surface area contributed by atoms with Crippen molar-refractivity contribution in [1.82, 2.24) is 19.7 Å². The lowest BCUT2D eigenvalue weighted by atomic mass is 9.92. The van der Waals surface area contributed by atoms with E-state index >= 15 is 0 Å². The SMILES string of the molecule is C[C@@H](N)[C@H]1CCCN(C(=O)c2ccc(-n3cncn3)cc2)C1. The second kappa shape index (κ2) is 6.27. The van der Waals surface area contributed by atoms with Crippen molar-refractivity contribution in [3.63, 3.8) is 0 Å². The second-order valence-electron chi connectivity index (χ2n) is 5.90. The molecule has 1 fully saturated rings. The summed E-state index contributed by atoms with van der Waals surface area (Å²) in [6, 6.07) is 7.58. The van der Waals surface area contributed by atoms with E-state index in [1.807, 2.05) is 36.1 Å². The Labute approximate surface area is 129 Å². The molecule has 22 heavy (non-hydrogen) atoms. The van der Waals surface area contributed by atoms with E-state index in [0.717, 1.165) is 31.6 Å². The Hall–Kier alpha value is -2.21. The van der Waals surface area contributed by atoms with Crippen LogP contribution in [-0.2, 0) is 0 Å². The van der Waals surface area contributed by atoms with Gasteiger partial charge in [0.1, 0.15) is 12.7 Å². The zero-order valence-corrected chi connectivity index (χ0v) is 12.7. The predicted octanol–water partition coefficient (Wildman–Crippen LogP) is 1.47. The highest BCUT2D eigenvalue weighted by Crippen LogP contribution is 2.21. The van der Waals surface area contributed by atoms with Crippen LogP contribution in [0.1, 0.15) is 30.1 Å². The number of likely N-dealkylation sites (tertiary alicyclic amines) is 1. The smallest absolute Gasteiger partial charge is 0.253 e. The molecule has 1 amide bonds. The minimum atomic E-state index is 0.0792. The van der Waals surface area contributed by atoms with E-state index in [0.29, 0.717) is 11.5 Å². The first kappa shape index (κ1) is 14.7. The third-order valence-electron chi connectivity index (χ3n) is 4.29. The number of aromatic nitrogens is 3. The summed E-state index contributed by atoms with van der Waals surface area (Å²) >= 11 is 0. The van der Waals surface area contributed by atoms with Crippen molar-refractivity contribution >= 4 is 5.91 Å². The highest BCUT2D eigenvalue weighted by molar-refractivity contribution is 5.94. The maximum absolute atomic E-state index is 12.6. The molecule has 0 radical (unpaired) electrons. The molecule has 0 aliphatic carbocycles. The van der Waals surface area contributed by atoms with E-state index in [2.05, 4.69) is 10.1 Å². The Morgan fingerprint density at radius 1 is 1.36 bits per heavy atom. The van der Waals surface area contributed by atoms with Gasteiger partial charge in [-0.1, -0.05) is 0 Å². The molecule has 2 N–H and O–H groups in total. The average Bonchev–Trinajstić information content (AvgIpc) is 3.09. The maximum Gasteiger partial charge on any atom is 0.253 e. The fraction of sp³-hybridized carbons (Fsp3) is 0.438. The zero-order chi connectivity index (χ0) is 15.5. The number of hydrogen-bond acceptors (Lipinski definition) is 4. The molecule has 6 heteroatoms. The van der Waals surface area contributed by atoms with Gasteiger partial charge >= 0.3 is 0 Å². The van der Waals surface area contributed by atoms with Crippen molar-refractivity contribution in [3.8, 4) is 5.69 Å². The van der Waals surface area contributed by atoms with E-state index in [1.54, 1.807) is 11.0 Å². The number of rotatable bonds is 3. The van der Waals surface area contributed by atoms with Crippen molar-refractivity contribution in [2.24, 2.45) is 11.7 Å². The van der Waals surface area contributed by atoms with Crippen molar-refractivity contribution in [3.05, 3.63) is 42.5 Å². The van der Waals surface area contributed by atoms with Gasteiger partial charge in [-0.15, -0.1) is 0 Å². The molecule has 0 bridgehead atoms. The number of benzene rings is 1. The molecule has 1 aliphatic rings. The lowest BCUT2D eigenvalue weighted by Gasteiger charge is -2.34. The summed E-state index contributed by atoms with van der Waals surface area (Å²) < 4.78 is 1.67. The topological polar surface area (TPSA) is 77.0 Å². The Balaban J connectivity index is 1.72. The van der Waals surface area contributed by atoms with Crippen LogP contribution in [0.5, 0.6) is 0 Å². The molecular weight excluding hydrogens is 278 g/mol. The molecule has 6 nitrogen and oxygen atoms in total. The van der Waals surface area contributed by atoms with Gasteiger partial charge in [-0.3, -0.25) is 4.79 Å². The number of nitrogens with two attached hydrogens (primary N) is 1. The molecule has 1 aromatic heterocycles. The highest BCUT2D eigenvalue weighted by atomic mass is 16.2. The quantitative estimate of drug-likeness (QED) is 0.931. The number of carbonyl (C=O) groups excluding carboxylic acids is 1. The molecule has 0 spiro atoms. The van der Waals surface area contributed by atoms with Gasteiger partial charge < -0.3 is 10.6 Å². The van der Waals surface area contributed by atoms with E-state index in [9.17, 15) is 4.79 Å². The molecule has 2 heterocycles. The fourth-order valence-corrected chi connectivity index (χ4v) is 2.90. The van der Waals surface area contributed by atoms with Gasteiger partial charge in [-0.05, 0) is 49.9 Å². The number of hydrogen-bond donors (Lipinski definition) is 1. The molecule has 1 saturated heterocycles. The second-order valence-corrected chi connectivity index (χ2v) is 5.90. The molecule has 1 aromatic carbocycles. The van der Waals surface area contributed by atoms with Crippen molar-refractivity contribution in [2.45, 2.75) is 25.8 Å². The van der Waals surface area contributed by atoms with Crippen molar-refractivity contribution < 1.29 is 4.79 Å². The number of amides is 1. The van der Waals surface area contributed by atoms with E-state index in [-0.39, 0.29) is 11.9 Å². The number of piperidine rings is 1. The minimum Gasteiger partial charge on any atom is -0.338 e. The normalized spacial score (nSPS) is 19.9. The lowest BCUT2D eigenvalue weighted by molar-refractivity contribution is 0.0661. The first-order chi connectivity index (χ1) is 10.6. The van der Waals surface area contributed by atoms with Gasteiger partial charge in [-0.2, -0.15) is 5.10 Å². The van der Waals surface area contributed by atoms with Crippen LogP contribution >= 0.6 is 0 Å². The summed E-state index contributed by atoms with van der Waals surface area (Å²) in [5.41, 5.74) is 7.58. The maximum atomic E-state index is 12.6. The summed E-state index contributed by atoms with van der Waals surface area (Å²) in [5.74, 6) is 0.475. The van der Waals surface area contributed by atoms with E-state index in [1.165, 1.54) is 6.33 Å². The fourth-order valence-electron chi connectivity index (χ4n) is 2.90.